The number of hydrogen-bond donors (Lipinski definition) is 1. The summed E-state index contributed by atoms with van der Waals surface area (Å²) in [6.45, 7) is 0.109. The lowest BCUT2D eigenvalue weighted by molar-refractivity contribution is 0.0597. The third-order valence-corrected chi connectivity index (χ3v) is 4.05. The number of ether oxygens (including phenoxy) is 1. The molecule has 0 unspecified atom stereocenters. The van der Waals surface area contributed by atoms with Crippen LogP contribution in [0, 0.1) is 0 Å². The summed E-state index contributed by atoms with van der Waals surface area (Å²) in [5, 5.41) is 8.81. The number of methoxy groups -OCH3 is 1. The van der Waals surface area contributed by atoms with E-state index in [4.69, 9.17) is 9.84 Å². The van der Waals surface area contributed by atoms with E-state index in [0.717, 1.165) is 4.90 Å². The van der Waals surface area contributed by atoms with Gasteiger partial charge >= 0.3 is 5.97 Å². The Bertz CT molecular complexity index is 665. The summed E-state index contributed by atoms with van der Waals surface area (Å²) in [6, 6.07) is 13.7. The zero-order valence-electron chi connectivity index (χ0n) is 12.1. The molecule has 1 N–H and O–H groups in total. The van der Waals surface area contributed by atoms with Crippen LogP contribution >= 0.6 is 11.8 Å². The molecular weight excluding hydrogens is 300 g/mol. The second kappa shape index (κ2) is 7.77. The van der Waals surface area contributed by atoms with Gasteiger partial charge in [0.1, 0.15) is 0 Å². The van der Waals surface area contributed by atoms with Gasteiger partial charge in [-0.2, -0.15) is 0 Å². The molecule has 2 aromatic carbocycles. The average molecular weight is 316 g/mol. The van der Waals surface area contributed by atoms with Crippen LogP contribution < -0.4 is 0 Å². The Hall–Kier alpha value is -2.11. The lowest BCUT2D eigenvalue weighted by atomic mass is 9.98. The molecule has 114 valence electrons. The van der Waals surface area contributed by atoms with Crippen molar-refractivity contribution in [2.24, 2.45) is 0 Å². The molecule has 0 aliphatic heterocycles. The van der Waals surface area contributed by atoms with E-state index in [1.807, 2.05) is 12.1 Å². The molecule has 0 aliphatic rings. The Morgan fingerprint density at radius 3 is 2.27 bits per heavy atom. The van der Waals surface area contributed by atoms with Gasteiger partial charge in [0.15, 0.2) is 5.78 Å². The molecule has 0 spiro atoms. The Morgan fingerprint density at radius 1 is 1.05 bits per heavy atom. The van der Waals surface area contributed by atoms with Crippen LogP contribution in [0.3, 0.4) is 0 Å². The second-order valence-corrected chi connectivity index (χ2v) is 5.63. The van der Waals surface area contributed by atoms with Gasteiger partial charge in [0.25, 0.3) is 0 Å². The number of ketones is 1. The smallest absolute Gasteiger partial charge is 0.338 e. The zero-order valence-corrected chi connectivity index (χ0v) is 12.9. The molecule has 0 aromatic heterocycles. The fourth-order valence-electron chi connectivity index (χ4n) is 1.99. The number of carbonyl (C=O) groups is 2. The van der Waals surface area contributed by atoms with Gasteiger partial charge in [0.05, 0.1) is 19.3 Å². The summed E-state index contributed by atoms with van der Waals surface area (Å²) < 4.78 is 4.71. The first-order chi connectivity index (χ1) is 10.7. The highest BCUT2D eigenvalue weighted by atomic mass is 32.2. The van der Waals surface area contributed by atoms with Crippen LogP contribution in [-0.2, 0) is 4.74 Å². The van der Waals surface area contributed by atoms with Gasteiger partial charge in [-0.3, -0.25) is 4.79 Å². The van der Waals surface area contributed by atoms with Crippen molar-refractivity contribution < 1.29 is 19.4 Å². The van der Waals surface area contributed by atoms with Gasteiger partial charge in [0, 0.05) is 21.8 Å². The van der Waals surface area contributed by atoms with Crippen molar-refractivity contribution in [2.45, 2.75) is 4.90 Å². The molecule has 0 aliphatic carbocycles. The van der Waals surface area contributed by atoms with Crippen LogP contribution in [0.4, 0.5) is 0 Å². The quantitative estimate of drug-likeness (QED) is 0.504. The van der Waals surface area contributed by atoms with E-state index in [0.29, 0.717) is 16.9 Å². The molecule has 22 heavy (non-hydrogen) atoms. The molecule has 0 amide bonds. The number of aliphatic hydroxyl groups excluding tert-OH is 1. The molecule has 2 rings (SSSR count). The van der Waals surface area contributed by atoms with Crippen molar-refractivity contribution in [1.29, 1.82) is 0 Å². The number of thioether (sulfide) groups is 1. The zero-order chi connectivity index (χ0) is 15.9. The molecule has 0 radical (unpaired) electrons. The third kappa shape index (κ3) is 3.75. The minimum absolute atomic E-state index is 0.109. The lowest BCUT2D eigenvalue weighted by Gasteiger charge is -2.07. The number of rotatable bonds is 6. The van der Waals surface area contributed by atoms with Crippen LogP contribution in [-0.4, -0.2) is 36.3 Å². The van der Waals surface area contributed by atoms with Crippen LogP contribution in [0.15, 0.2) is 53.4 Å². The van der Waals surface area contributed by atoms with E-state index in [9.17, 15) is 9.59 Å². The maximum Gasteiger partial charge on any atom is 0.338 e. The molecule has 5 heteroatoms. The monoisotopic (exact) mass is 316 g/mol. The van der Waals surface area contributed by atoms with E-state index in [1.54, 1.807) is 36.4 Å². The minimum Gasteiger partial charge on any atom is -0.465 e. The first-order valence-electron chi connectivity index (χ1n) is 6.73. The van der Waals surface area contributed by atoms with Crippen LogP contribution in [0.25, 0.3) is 0 Å². The second-order valence-electron chi connectivity index (χ2n) is 4.46. The Labute approximate surface area is 133 Å². The molecule has 4 nitrogen and oxygen atoms in total. The number of benzene rings is 2. The number of carbonyl (C=O) groups excluding carboxylic acids is 2. The minimum atomic E-state index is -0.529. The molecule has 0 heterocycles. The lowest BCUT2D eigenvalue weighted by Crippen LogP contribution is -2.11. The predicted molar refractivity (Wildman–Crippen MR) is 85.5 cm³/mol. The summed E-state index contributed by atoms with van der Waals surface area (Å²) in [7, 11) is 1.29. The van der Waals surface area contributed by atoms with E-state index >= 15 is 0 Å². The van der Waals surface area contributed by atoms with Gasteiger partial charge in [0.2, 0.25) is 0 Å². The fourth-order valence-corrected chi connectivity index (χ4v) is 2.65. The summed E-state index contributed by atoms with van der Waals surface area (Å²) in [5.74, 6) is -0.142. The van der Waals surface area contributed by atoms with E-state index in [-0.39, 0.29) is 18.0 Å². The maximum absolute atomic E-state index is 12.6. The summed E-state index contributed by atoms with van der Waals surface area (Å²) in [6.07, 6.45) is 0. The van der Waals surface area contributed by atoms with Crippen molar-refractivity contribution in [3.63, 3.8) is 0 Å². The first-order valence-corrected chi connectivity index (χ1v) is 7.71. The molecule has 0 saturated carbocycles. The van der Waals surface area contributed by atoms with Gasteiger partial charge in [-0.1, -0.05) is 18.2 Å². The summed E-state index contributed by atoms with van der Waals surface area (Å²) in [5.41, 5.74) is 1.09. The highest BCUT2D eigenvalue weighted by Gasteiger charge is 2.18. The standard InChI is InChI=1S/C17H16O4S/c1-21-17(20)15-5-3-2-4-14(15)16(19)12-6-8-13(9-7-12)22-11-10-18/h2-9,18H,10-11H2,1H3. The largest absolute Gasteiger partial charge is 0.465 e. The van der Waals surface area contributed by atoms with Crippen molar-refractivity contribution in [3.05, 3.63) is 65.2 Å². The Balaban J connectivity index is 2.27. The van der Waals surface area contributed by atoms with Gasteiger partial charge in [-0.15, -0.1) is 11.8 Å². The molecule has 0 bridgehead atoms. The molecule has 0 atom stereocenters. The fraction of sp³-hybridized carbons (Fsp3) is 0.176. The predicted octanol–water partition coefficient (Wildman–Crippen LogP) is 2.79. The molecule has 0 fully saturated rings. The van der Waals surface area contributed by atoms with Gasteiger partial charge in [-0.05, 0) is 30.3 Å². The normalized spacial score (nSPS) is 10.3. The van der Waals surface area contributed by atoms with Crippen molar-refractivity contribution >= 4 is 23.5 Å². The summed E-state index contributed by atoms with van der Waals surface area (Å²) in [4.78, 5) is 25.3. The molecule has 2 aromatic rings. The first kappa shape index (κ1) is 16.3. The van der Waals surface area contributed by atoms with E-state index in [2.05, 4.69) is 0 Å². The number of hydrogen-bond acceptors (Lipinski definition) is 5. The topological polar surface area (TPSA) is 63.6 Å². The highest BCUT2D eigenvalue weighted by Crippen LogP contribution is 2.20. The van der Waals surface area contributed by atoms with Gasteiger partial charge in [-0.25, -0.2) is 4.79 Å². The average Bonchev–Trinajstić information content (AvgIpc) is 2.59. The molecule has 0 saturated heterocycles. The summed E-state index contributed by atoms with van der Waals surface area (Å²) >= 11 is 1.51. The van der Waals surface area contributed by atoms with Crippen molar-refractivity contribution in [2.75, 3.05) is 19.5 Å². The third-order valence-electron chi connectivity index (χ3n) is 3.05. The maximum atomic E-state index is 12.6. The van der Waals surface area contributed by atoms with Gasteiger partial charge < -0.3 is 9.84 Å². The highest BCUT2D eigenvalue weighted by molar-refractivity contribution is 7.99. The van der Waals surface area contributed by atoms with Crippen molar-refractivity contribution in [3.8, 4) is 0 Å². The SMILES string of the molecule is COC(=O)c1ccccc1C(=O)c1ccc(SCCO)cc1. The van der Waals surface area contributed by atoms with Crippen LogP contribution in [0.5, 0.6) is 0 Å². The van der Waals surface area contributed by atoms with Crippen LogP contribution in [0.2, 0.25) is 0 Å². The van der Waals surface area contributed by atoms with E-state index < -0.39 is 5.97 Å². The molecular formula is C17H16O4S. The van der Waals surface area contributed by atoms with Crippen molar-refractivity contribution in [1.82, 2.24) is 0 Å². The number of aliphatic hydroxyl groups is 1. The Kier molecular flexibility index (Phi) is 5.75. The Morgan fingerprint density at radius 2 is 1.68 bits per heavy atom. The van der Waals surface area contributed by atoms with Crippen LogP contribution in [0.1, 0.15) is 26.3 Å². The van der Waals surface area contributed by atoms with E-state index in [1.165, 1.54) is 18.9 Å². The number of esters is 1.